The summed E-state index contributed by atoms with van der Waals surface area (Å²) in [6.07, 6.45) is 16.5. The van der Waals surface area contributed by atoms with Crippen molar-refractivity contribution in [3.8, 4) is 0 Å². The molecule has 3 aliphatic heterocycles. The number of allylic oxidation sites excluding steroid dienone is 1. The van der Waals surface area contributed by atoms with Gasteiger partial charge in [-0.1, -0.05) is 72.6 Å². The summed E-state index contributed by atoms with van der Waals surface area (Å²) in [6.45, 7) is 20.1. The van der Waals surface area contributed by atoms with Gasteiger partial charge in [0, 0.05) is 73.7 Å². The number of hydrogen-bond donors (Lipinski definition) is 3. The van der Waals surface area contributed by atoms with E-state index in [1.807, 2.05) is 13.8 Å². The van der Waals surface area contributed by atoms with Gasteiger partial charge in [0.1, 0.15) is 11.9 Å². The number of rotatable bonds is 7. The van der Waals surface area contributed by atoms with Crippen LogP contribution in [0, 0.1) is 44.8 Å². The fourth-order valence-electron chi connectivity index (χ4n) is 17.0. The van der Waals surface area contributed by atoms with Gasteiger partial charge in [0.05, 0.1) is 28.8 Å². The minimum Gasteiger partial charge on any atom is -0.392 e. The second kappa shape index (κ2) is 14.7. The molecule has 0 radical (unpaired) electrons. The Labute approximate surface area is 381 Å². The Bertz CT molecular complexity index is 2420. The Morgan fingerprint density at radius 2 is 1.56 bits per heavy atom. The topological polar surface area (TPSA) is 117 Å². The maximum atomic E-state index is 15.3. The molecule has 3 aromatic rings. The van der Waals surface area contributed by atoms with E-state index in [0.29, 0.717) is 49.8 Å². The van der Waals surface area contributed by atoms with E-state index >= 15 is 4.79 Å². The highest BCUT2D eigenvalue weighted by Gasteiger charge is 2.72. The van der Waals surface area contributed by atoms with E-state index in [1.165, 1.54) is 64.5 Å². The van der Waals surface area contributed by atoms with Crippen LogP contribution < -0.4 is 0 Å². The van der Waals surface area contributed by atoms with E-state index in [1.54, 1.807) is 0 Å². The number of H-pyrrole nitrogens is 1. The average molecular weight is 873 g/mol. The average Bonchev–Trinajstić information content (AvgIpc) is 3.79. The number of ketones is 2. The normalized spacial score (nSPS) is 38.9. The molecular weight excluding hydrogens is 797 g/mol. The number of carbonyl (C=O) groups excluding carboxylic acids is 2. The number of epoxide rings is 1. The summed E-state index contributed by atoms with van der Waals surface area (Å²) >= 11 is 0. The third-order valence-electron chi connectivity index (χ3n) is 20.5. The lowest BCUT2D eigenvalue weighted by atomic mass is 9.34. The van der Waals surface area contributed by atoms with Crippen molar-refractivity contribution in [2.75, 3.05) is 13.2 Å². The molecule has 6 fully saturated rings. The van der Waals surface area contributed by atoms with Crippen LogP contribution in [0.5, 0.6) is 0 Å². The van der Waals surface area contributed by atoms with Crippen LogP contribution in [0.4, 0.5) is 0 Å². The summed E-state index contributed by atoms with van der Waals surface area (Å²) in [5.74, 6) is 1.47. The van der Waals surface area contributed by atoms with Crippen LogP contribution in [0.1, 0.15) is 179 Å². The van der Waals surface area contributed by atoms with Gasteiger partial charge < -0.3 is 29.2 Å². The van der Waals surface area contributed by atoms with Crippen LogP contribution in [0.25, 0.3) is 11.0 Å². The number of aromatic nitrogens is 2. The van der Waals surface area contributed by atoms with E-state index in [9.17, 15) is 15.0 Å². The third kappa shape index (κ3) is 6.33. The van der Waals surface area contributed by atoms with Crippen LogP contribution in [0.2, 0.25) is 0 Å². The van der Waals surface area contributed by atoms with Crippen molar-refractivity contribution in [3.05, 3.63) is 69.6 Å². The zero-order valence-electron chi connectivity index (χ0n) is 40.2. The van der Waals surface area contributed by atoms with Crippen LogP contribution in [0.3, 0.4) is 0 Å². The molecule has 2 saturated heterocycles. The molecule has 0 amide bonds. The number of nitrogens with one attached hydrogen (secondary N) is 1. The first-order chi connectivity index (χ1) is 30.3. The quantitative estimate of drug-likeness (QED) is 0.204. The Morgan fingerprint density at radius 1 is 0.875 bits per heavy atom. The molecule has 5 heterocycles. The van der Waals surface area contributed by atoms with Gasteiger partial charge in [0.15, 0.2) is 5.78 Å². The number of ether oxygens (including phenoxy) is 2. The molecule has 10 unspecified atom stereocenters. The molecule has 4 saturated carbocycles. The van der Waals surface area contributed by atoms with E-state index in [2.05, 4.69) is 81.7 Å². The van der Waals surface area contributed by atoms with E-state index in [0.717, 1.165) is 69.3 Å². The highest BCUT2D eigenvalue weighted by atomic mass is 16.6. The van der Waals surface area contributed by atoms with Gasteiger partial charge in [-0.3, -0.25) is 9.59 Å². The number of carbonyl (C=O) groups is 2. The maximum absolute atomic E-state index is 15.3. The Morgan fingerprint density at radius 3 is 2.25 bits per heavy atom. The number of aryl methyl sites for hydroxylation is 1. The molecule has 2 aromatic heterocycles. The van der Waals surface area contributed by atoms with Gasteiger partial charge in [-0.05, 0) is 151 Å². The van der Waals surface area contributed by atoms with E-state index in [4.69, 9.17) is 9.47 Å². The standard InChI is InChI=1S/C56H76N2O6/c1-51(2)42-14-20-55(7)49(54(42,6)19-15-43(51)61)48(62)39-31-58-30-38(25-32-23-36(33-11-9-10-12-33)26-37(24-32)34-16-21-63-22-17-34)46-47(58)35(29-57-46)13-18-53(5,27-41(60)50-52(3,4)64-50)45-40(59)28-56(55,8)44(39)45/h23-24,26,29-30,33-34,39,41-42,48-50,57,60,62H,9-22,25,27-28,31H2,1-8H3. The van der Waals surface area contributed by atoms with Crippen molar-refractivity contribution in [1.29, 1.82) is 0 Å². The van der Waals surface area contributed by atoms with Gasteiger partial charge >= 0.3 is 0 Å². The molecule has 0 bridgehead atoms. The maximum Gasteiger partial charge on any atom is 0.160 e. The Balaban J connectivity index is 1.06. The predicted octanol–water partition coefficient (Wildman–Crippen LogP) is 10.7. The van der Waals surface area contributed by atoms with Gasteiger partial charge in [-0.25, -0.2) is 0 Å². The first-order valence-electron chi connectivity index (χ1n) is 25.5. The number of aliphatic hydroxyl groups is 2. The molecule has 1 aromatic carbocycles. The van der Waals surface area contributed by atoms with Gasteiger partial charge in [-0.15, -0.1) is 0 Å². The van der Waals surface area contributed by atoms with Crippen molar-refractivity contribution in [1.82, 2.24) is 9.55 Å². The number of hydrogen-bond acceptors (Lipinski definition) is 6. The Kier molecular flexibility index (Phi) is 10.0. The highest BCUT2D eigenvalue weighted by molar-refractivity contribution is 6.02. The predicted molar refractivity (Wildman–Crippen MR) is 250 cm³/mol. The monoisotopic (exact) mass is 873 g/mol. The third-order valence-corrected chi connectivity index (χ3v) is 20.5. The van der Waals surface area contributed by atoms with Crippen LogP contribution in [-0.2, 0) is 38.4 Å². The lowest BCUT2D eigenvalue weighted by molar-refractivity contribution is -0.220. The van der Waals surface area contributed by atoms with E-state index < -0.39 is 34.1 Å². The summed E-state index contributed by atoms with van der Waals surface area (Å²) in [4.78, 5) is 32.8. The van der Waals surface area contributed by atoms with Gasteiger partial charge in [0.25, 0.3) is 0 Å². The fourth-order valence-corrected chi connectivity index (χ4v) is 17.0. The molecule has 10 atom stereocenters. The van der Waals surface area contributed by atoms with Crippen molar-refractivity contribution in [2.24, 2.45) is 44.8 Å². The number of benzene rings is 1. The molecular formula is C56H76N2O6. The van der Waals surface area contributed by atoms with Crippen molar-refractivity contribution in [2.45, 2.75) is 194 Å². The summed E-state index contributed by atoms with van der Waals surface area (Å²) in [7, 11) is 0. The number of aromatic amines is 1. The van der Waals surface area contributed by atoms with Crippen molar-refractivity contribution >= 4 is 22.6 Å². The summed E-state index contributed by atoms with van der Waals surface area (Å²) in [5, 5.41) is 25.6. The summed E-state index contributed by atoms with van der Waals surface area (Å²) in [6, 6.07) is 7.54. The number of nitrogens with zero attached hydrogens (tertiary/aromatic N) is 1. The molecule has 346 valence electrons. The second-order valence-corrected chi connectivity index (χ2v) is 24.8. The zero-order valence-corrected chi connectivity index (χ0v) is 40.2. The first-order valence-corrected chi connectivity index (χ1v) is 25.5. The first kappa shape index (κ1) is 43.5. The van der Waals surface area contributed by atoms with Crippen molar-refractivity contribution < 1.29 is 29.3 Å². The lowest BCUT2D eigenvalue weighted by Crippen LogP contribution is -2.67. The smallest absolute Gasteiger partial charge is 0.160 e. The minimum absolute atomic E-state index is 0.0874. The molecule has 8 aliphatic rings. The molecule has 0 spiro atoms. The summed E-state index contributed by atoms with van der Waals surface area (Å²) < 4.78 is 14.3. The van der Waals surface area contributed by atoms with E-state index in [-0.39, 0.29) is 40.5 Å². The SMILES string of the molecule is CC1(CC(O)C2OC2(C)C)CCc2c[nH]c3c(Cc4cc(C5CCCC5)cc(C5CCOCC5)c4)cn(c23)CC2C3=C1C(=O)CC3(C)C1(C)CCC3C(C)(C)C(=O)CCC3(C)C1C2O. The van der Waals surface area contributed by atoms with Gasteiger partial charge in [-0.2, -0.15) is 0 Å². The van der Waals surface area contributed by atoms with Gasteiger partial charge in [0.2, 0.25) is 0 Å². The number of Topliss-reactive ketones (excluding diaryl/α,β-unsaturated/α-hetero) is 2. The number of aliphatic hydroxyl groups excluding tert-OH is 2. The summed E-state index contributed by atoms with van der Waals surface area (Å²) in [5.41, 5.74) is 8.72. The van der Waals surface area contributed by atoms with Crippen LogP contribution in [0.15, 0.2) is 41.7 Å². The molecule has 5 aliphatic carbocycles. The van der Waals surface area contributed by atoms with Crippen LogP contribution >= 0.6 is 0 Å². The molecule has 8 heteroatoms. The second-order valence-electron chi connectivity index (χ2n) is 24.8. The molecule has 8 nitrogen and oxygen atoms in total. The largest absolute Gasteiger partial charge is 0.392 e. The number of fused-ring (bicyclic) bond motifs is 4. The van der Waals surface area contributed by atoms with Crippen LogP contribution in [-0.4, -0.2) is 68.5 Å². The van der Waals surface area contributed by atoms with Crippen molar-refractivity contribution in [3.63, 3.8) is 0 Å². The molecule has 3 N–H and O–H groups in total. The zero-order chi connectivity index (χ0) is 44.9. The minimum atomic E-state index is -0.713. The highest BCUT2D eigenvalue weighted by Crippen LogP contribution is 2.75. The molecule has 11 rings (SSSR count). The molecule has 64 heavy (non-hydrogen) atoms. The lowest BCUT2D eigenvalue weighted by Gasteiger charge is -2.70. The fraction of sp³-hybridized carbons (Fsp3) is 0.714. The Hall–Kier alpha value is -3.04.